The second kappa shape index (κ2) is 28.3. The van der Waals surface area contributed by atoms with Gasteiger partial charge in [0.1, 0.15) is 12.2 Å². The molecule has 5 N–H and O–H groups in total. The fourth-order valence-corrected chi connectivity index (χ4v) is 4.68. The van der Waals surface area contributed by atoms with E-state index in [1.54, 1.807) is 0 Å². The lowest BCUT2D eigenvalue weighted by atomic mass is 10.00. The van der Waals surface area contributed by atoms with Gasteiger partial charge in [0, 0.05) is 0 Å². The van der Waals surface area contributed by atoms with Gasteiger partial charge in [-0.25, -0.2) is 0 Å². The predicted octanol–water partition coefficient (Wildman–Crippen LogP) is 6.89. The topological polar surface area (TPSA) is 110 Å². The van der Waals surface area contributed by atoms with Gasteiger partial charge < -0.3 is 25.7 Å². The second-order valence-electron chi connectivity index (χ2n) is 11.1. The average Bonchev–Trinajstić information content (AvgIpc) is 2.94. The first-order valence-electron chi connectivity index (χ1n) is 16.2. The van der Waals surface area contributed by atoms with Crippen LogP contribution in [0.15, 0.2) is 24.3 Å². The zero-order chi connectivity index (χ0) is 29.0. The van der Waals surface area contributed by atoms with E-state index in [-0.39, 0.29) is 0 Å². The largest absolute Gasteiger partial charge is 0.394 e. The highest BCUT2D eigenvalue weighted by Crippen LogP contribution is 2.13. The quantitative estimate of drug-likeness (QED) is 0.0535. The van der Waals surface area contributed by atoms with Gasteiger partial charge in [0.05, 0.1) is 18.8 Å². The molecule has 6 nitrogen and oxygen atoms in total. The number of hydrogen-bond donors (Lipinski definition) is 5. The van der Waals surface area contributed by atoms with Crippen molar-refractivity contribution in [2.45, 2.75) is 173 Å². The minimum Gasteiger partial charge on any atom is -0.394 e. The van der Waals surface area contributed by atoms with Crippen LogP contribution in [0, 0.1) is 0 Å². The van der Waals surface area contributed by atoms with Crippen molar-refractivity contribution >= 4 is 5.91 Å². The molecule has 0 aliphatic heterocycles. The van der Waals surface area contributed by atoms with Crippen molar-refractivity contribution in [3.8, 4) is 0 Å². The molecule has 0 heterocycles. The van der Waals surface area contributed by atoms with Crippen LogP contribution in [-0.2, 0) is 4.79 Å². The van der Waals surface area contributed by atoms with Crippen LogP contribution >= 0.6 is 0 Å². The van der Waals surface area contributed by atoms with E-state index >= 15 is 0 Å². The molecule has 6 heteroatoms. The Hall–Kier alpha value is -1.21. The number of carbonyl (C=O) groups excluding carboxylic acids is 1. The maximum atomic E-state index is 12.3. The second-order valence-corrected chi connectivity index (χ2v) is 11.1. The smallest absolute Gasteiger partial charge is 0.249 e. The van der Waals surface area contributed by atoms with Gasteiger partial charge in [-0.2, -0.15) is 0 Å². The van der Waals surface area contributed by atoms with E-state index in [0.717, 1.165) is 57.8 Å². The molecule has 0 aromatic rings. The van der Waals surface area contributed by atoms with E-state index in [1.807, 2.05) is 0 Å². The minimum atomic E-state index is -1.28. The molecule has 230 valence electrons. The third-order valence-electron chi connectivity index (χ3n) is 7.38. The van der Waals surface area contributed by atoms with Crippen molar-refractivity contribution in [3.05, 3.63) is 24.3 Å². The summed E-state index contributed by atoms with van der Waals surface area (Å²) < 4.78 is 0. The number of carbonyl (C=O) groups is 1. The van der Waals surface area contributed by atoms with Crippen LogP contribution in [0.5, 0.6) is 0 Å². The summed E-state index contributed by atoms with van der Waals surface area (Å²) in [7, 11) is 0. The summed E-state index contributed by atoms with van der Waals surface area (Å²) in [6.07, 6.45) is 27.7. The van der Waals surface area contributed by atoms with Crippen molar-refractivity contribution in [2.75, 3.05) is 6.61 Å². The van der Waals surface area contributed by atoms with Gasteiger partial charge in [-0.1, -0.05) is 115 Å². The molecule has 0 saturated carbocycles. The maximum Gasteiger partial charge on any atom is 0.249 e. The number of aliphatic hydroxyl groups is 4. The molecule has 4 unspecified atom stereocenters. The SMILES string of the molecule is CCCC/C=C\CCCCCCC(O)C(=O)NC(CO)C(O)C(O)CCC/C=C/CCCCCCCCCC. The molecule has 4 atom stereocenters. The van der Waals surface area contributed by atoms with Crippen molar-refractivity contribution in [2.24, 2.45) is 0 Å². The van der Waals surface area contributed by atoms with Crippen molar-refractivity contribution in [3.63, 3.8) is 0 Å². The van der Waals surface area contributed by atoms with E-state index in [1.165, 1.54) is 64.2 Å². The predicted molar refractivity (Wildman–Crippen MR) is 164 cm³/mol. The third kappa shape index (κ3) is 23.2. The lowest BCUT2D eigenvalue weighted by molar-refractivity contribution is -0.132. The van der Waals surface area contributed by atoms with Gasteiger partial charge in [-0.15, -0.1) is 0 Å². The van der Waals surface area contributed by atoms with Gasteiger partial charge in [0.2, 0.25) is 5.91 Å². The number of rotatable bonds is 28. The van der Waals surface area contributed by atoms with Crippen LogP contribution in [0.3, 0.4) is 0 Å². The summed E-state index contributed by atoms with van der Waals surface area (Å²) >= 11 is 0. The highest BCUT2D eigenvalue weighted by Gasteiger charge is 2.28. The number of aliphatic hydroxyl groups excluding tert-OH is 4. The molecular formula is C33H63NO5. The molecule has 0 bridgehead atoms. The summed E-state index contributed by atoms with van der Waals surface area (Å²) in [5, 5.41) is 43.1. The molecule has 1 amide bonds. The van der Waals surface area contributed by atoms with Gasteiger partial charge in [-0.3, -0.25) is 4.79 Å². The number of hydrogen-bond acceptors (Lipinski definition) is 5. The monoisotopic (exact) mass is 553 g/mol. The first-order valence-corrected chi connectivity index (χ1v) is 16.2. The van der Waals surface area contributed by atoms with Crippen LogP contribution in [0.1, 0.15) is 149 Å². The van der Waals surface area contributed by atoms with Gasteiger partial charge in [0.15, 0.2) is 0 Å². The Kier molecular flexibility index (Phi) is 27.4. The molecule has 0 spiro atoms. The summed E-state index contributed by atoms with van der Waals surface area (Å²) in [6, 6.07) is -1.00. The van der Waals surface area contributed by atoms with E-state index < -0.39 is 36.9 Å². The minimum absolute atomic E-state index is 0.347. The first-order chi connectivity index (χ1) is 19.0. The van der Waals surface area contributed by atoms with Crippen molar-refractivity contribution in [1.29, 1.82) is 0 Å². The summed E-state index contributed by atoms with van der Waals surface area (Å²) in [4.78, 5) is 12.3. The Morgan fingerprint density at radius 2 is 1.08 bits per heavy atom. The van der Waals surface area contributed by atoms with Gasteiger partial charge in [-0.05, 0) is 57.8 Å². The van der Waals surface area contributed by atoms with Crippen molar-refractivity contribution in [1.82, 2.24) is 5.32 Å². The Bertz CT molecular complexity index is 595. The Labute approximate surface area is 240 Å². The van der Waals surface area contributed by atoms with Crippen LogP contribution < -0.4 is 5.32 Å². The fraction of sp³-hybridized carbons (Fsp3) is 0.848. The van der Waals surface area contributed by atoms with E-state index in [4.69, 9.17) is 0 Å². The zero-order valence-electron chi connectivity index (χ0n) is 25.4. The zero-order valence-corrected chi connectivity index (χ0v) is 25.4. The van der Waals surface area contributed by atoms with Crippen LogP contribution in [0.4, 0.5) is 0 Å². The van der Waals surface area contributed by atoms with Crippen LogP contribution in [-0.4, -0.2) is 57.3 Å². The normalized spacial score (nSPS) is 15.1. The van der Waals surface area contributed by atoms with E-state index in [0.29, 0.717) is 12.8 Å². The first kappa shape index (κ1) is 37.8. The Morgan fingerprint density at radius 1 is 0.615 bits per heavy atom. The standard InChI is InChI=1S/C33H63NO5/c1-3-5-7-9-11-13-15-16-17-19-20-22-24-26-30(36)32(38)29(28-35)34-33(39)31(37)27-25-23-21-18-14-12-10-8-6-4-2/h10,12,19-20,29-32,35-38H,3-9,11,13-18,21-28H2,1-2H3,(H,34,39)/b12-10-,20-19+. The van der Waals surface area contributed by atoms with Crippen LogP contribution in [0.25, 0.3) is 0 Å². The molecule has 0 aliphatic rings. The third-order valence-corrected chi connectivity index (χ3v) is 7.38. The number of unbranched alkanes of at least 4 members (excludes halogenated alkanes) is 15. The lowest BCUT2D eigenvalue weighted by Gasteiger charge is -2.27. The highest BCUT2D eigenvalue weighted by molar-refractivity contribution is 5.80. The van der Waals surface area contributed by atoms with Crippen molar-refractivity contribution < 1.29 is 25.2 Å². The molecule has 0 aliphatic carbocycles. The molecule has 39 heavy (non-hydrogen) atoms. The molecule has 0 rings (SSSR count). The number of nitrogens with one attached hydrogen (secondary N) is 1. The highest BCUT2D eigenvalue weighted by atomic mass is 16.3. The van der Waals surface area contributed by atoms with Gasteiger partial charge >= 0.3 is 0 Å². The maximum absolute atomic E-state index is 12.3. The lowest BCUT2D eigenvalue weighted by Crippen LogP contribution is -2.53. The summed E-state index contributed by atoms with van der Waals surface area (Å²) in [5.41, 5.74) is 0. The number of allylic oxidation sites excluding steroid dienone is 4. The molecule has 0 aromatic carbocycles. The van der Waals surface area contributed by atoms with Gasteiger partial charge in [0.25, 0.3) is 0 Å². The summed E-state index contributed by atoms with van der Waals surface area (Å²) in [5.74, 6) is -0.608. The Balaban J connectivity index is 3.96. The average molecular weight is 554 g/mol. The molecule has 0 radical (unpaired) electrons. The molecule has 0 saturated heterocycles. The fourth-order valence-electron chi connectivity index (χ4n) is 4.68. The number of amides is 1. The molecule has 0 aromatic heterocycles. The molecule has 0 fully saturated rings. The van der Waals surface area contributed by atoms with Crippen LogP contribution in [0.2, 0.25) is 0 Å². The van der Waals surface area contributed by atoms with E-state index in [9.17, 15) is 25.2 Å². The van der Waals surface area contributed by atoms with E-state index in [2.05, 4.69) is 43.5 Å². The Morgan fingerprint density at radius 3 is 1.62 bits per heavy atom. The summed E-state index contributed by atoms with van der Waals surface area (Å²) in [6.45, 7) is 3.94. The molecular weight excluding hydrogens is 490 g/mol.